The third-order valence-corrected chi connectivity index (χ3v) is 6.47. The van der Waals surface area contributed by atoms with Crippen LogP contribution < -0.4 is 5.32 Å². The van der Waals surface area contributed by atoms with E-state index in [1.54, 1.807) is 64.6 Å². The highest BCUT2D eigenvalue weighted by molar-refractivity contribution is 6.31. The van der Waals surface area contributed by atoms with Gasteiger partial charge in [0.05, 0.1) is 25.2 Å². The van der Waals surface area contributed by atoms with Gasteiger partial charge in [0.2, 0.25) is 0 Å². The second-order valence-corrected chi connectivity index (χ2v) is 12.4. The first-order valence-corrected chi connectivity index (χ1v) is 13.4. The number of nitrogens with one attached hydrogen (secondary N) is 2. The van der Waals surface area contributed by atoms with E-state index in [0.29, 0.717) is 17.1 Å². The van der Waals surface area contributed by atoms with Crippen molar-refractivity contribution >= 4 is 40.3 Å². The molecule has 1 aliphatic rings. The molecule has 0 saturated heterocycles. The summed E-state index contributed by atoms with van der Waals surface area (Å²) in [6.45, 7) is 10.5. The van der Waals surface area contributed by atoms with E-state index in [2.05, 4.69) is 10.3 Å². The van der Waals surface area contributed by atoms with E-state index in [1.165, 1.54) is 0 Å². The molecule has 0 bridgehead atoms. The summed E-state index contributed by atoms with van der Waals surface area (Å²) in [5.74, 6) is -1.22. The number of nitrogens with zero attached hydrogens (tertiary/aromatic N) is 1. The van der Waals surface area contributed by atoms with Crippen LogP contribution in [0, 0.1) is 0 Å². The minimum atomic E-state index is -0.686. The van der Waals surface area contributed by atoms with Gasteiger partial charge < -0.3 is 19.8 Å². The number of carbonyl (C=O) groups excluding carboxylic acids is 3. The van der Waals surface area contributed by atoms with Gasteiger partial charge in [-0.1, -0.05) is 35.9 Å². The lowest BCUT2D eigenvalue weighted by Gasteiger charge is -2.34. The summed E-state index contributed by atoms with van der Waals surface area (Å²) in [5, 5.41) is 4.55. The van der Waals surface area contributed by atoms with Gasteiger partial charge in [0.1, 0.15) is 16.9 Å². The molecule has 0 unspecified atom stereocenters. The van der Waals surface area contributed by atoms with Gasteiger partial charge in [-0.05, 0) is 83.4 Å². The van der Waals surface area contributed by atoms with Crippen molar-refractivity contribution in [3.05, 3.63) is 70.4 Å². The van der Waals surface area contributed by atoms with Crippen molar-refractivity contribution in [2.75, 3.05) is 13.1 Å². The number of aromatic amines is 1. The van der Waals surface area contributed by atoms with Crippen LogP contribution in [0.3, 0.4) is 0 Å². The summed E-state index contributed by atoms with van der Waals surface area (Å²) in [6, 6.07) is 14.1. The number of aromatic nitrogens is 1. The van der Waals surface area contributed by atoms with Crippen LogP contribution in [0.4, 0.5) is 0 Å². The van der Waals surface area contributed by atoms with E-state index < -0.39 is 35.2 Å². The summed E-state index contributed by atoms with van der Waals surface area (Å²) in [4.78, 5) is 44.2. The molecule has 0 aliphatic heterocycles. The molecule has 208 valence electrons. The molecule has 2 aromatic carbocycles. The Morgan fingerprint density at radius 1 is 0.949 bits per heavy atom. The Morgan fingerprint density at radius 3 is 2.18 bits per heavy atom. The predicted octanol–water partition coefficient (Wildman–Crippen LogP) is 5.20. The zero-order chi connectivity index (χ0) is 28.5. The molecular weight excluding hydrogens is 518 g/mol. The molecule has 1 amide bonds. The molecule has 0 radical (unpaired) electrons. The van der Waals surface area contributed by atoms with Crippen LogP contribution in [0.1, 0.15) is 69.2 Å². The smallest absolute Gasteiger partial charge is 0.320 e. The van der Waals surface area contributed by atoms with Gasteiger partial charge in [-0.25, -0.2) is 0 Å². The first-order valence-electron chi connectivity index (χ1n) is 13.0. The van der Waals surface area contributed by atoms with Crippen LogP contribution in [-0.4, -0.2) is 58.1 Å². The monoisotopic (exact) mass is 553 g/mol. The maximum absolute atomic E-state index is 13.4. The number of H-pyrrole nitrogens is 1. The fraction of sp³-hybridized carbons (Fsp3) is 0.433. The largest absolute Gasteiger partial charge is 0.459 e. The van der Waals surface area contributed by atoms with E-state index in [1.807, 2.05) is 30.3 Å². The Balaban J connectivity index is 1.64. The second-order valence-electron chi connectivity index (χ2n) is 11.9. The number of rotatable bonds is 7. The lowest BCUT2D eigenvalue weighted by atomic mass is 10.0. The fourth-order valence-corrected chi connectivity index (χ4v) is 5.14. The summed E-state index contributed by atoms with van der Waals surface area (Å²) in [6.07, 6.45) is 0.539. The zero-order valence-corrected chi connectivity index (χ0v) is 24.0. The molecule has 1 aromatic heterocycles. The predicted molar refractivity (Wildman–Crippen MR) is 151 cm³/mol. The van der Waals surface area contributed by atoms with E-state index in [0.717, 1.165) is 22.0 Å². The Hall–Kier alpha value is -3.36. The van der Waals surface area contributed by atoms with E-state index in [9.17, 15) is 14.4 Å². The number of carbonyl (C=O) groups is 3. The number of ether oxygens (including phenoxy) is 2. The number of hydrogen-bond acceptors (Lipinski definition) is 6. The molecule has 9 heteroatoms. The van der Waals surface area contributed by atoms with Gasteiger partial charge in [-0.15, -0.1) is 0 Å². The molecule has 3 aromatic rings. The molecular formula is C30H36ClN3O5. The van der Waals surface area contributed by atoms with Crippen LogP contribution in [0.15, 0.2) is 48.5 Å². The molecule has 1 aliphatic carbocycles. The van der Waals surface area contributed by atoms with Gasteiger partial charge in [-0.3, -0.25) is 19.3 Å². The normalized spacial score (nSPS) is 17.2. The number of amides is 1. The van der Waals surface area contributed by atoms with Gasteiger partial charge in [-0.2, -0.15) is 0 Å². The minimum Gasteiger partial charge on any atom is -0.459 e. The van der Waals surface area contributed by atoms with Crippen LogP contribution in [-0.2, 0) is 25.5 Å². The Labute approximate surface area is 234 Å². The molecule has 2 atom stereocenters. The van der Waals surface area contributed by atoms with Crippen LogP contribution in [0.2, 0.25) is 5.02 Å². The highest BCUT2D eigenvalue weighted by atomic mass is 35.5. The maximum Gasteiger partial charge on any atom is 0.320 e. The first-order chi connectivity index (χ1) is 18.2. The maximum atomic E-state index is 13.4. The minimum absolute atomic E-state index is 0.146. The number of fused-ring (bicyclic) bond motifs is 2. The lowest BCUT2D eigenvalue weighted by Crippen LogP contribution is -2.49. The second kappa shape index (κ2) is 11.0. The molecule has 8 nitrogen and oxygen atoms in total. The van der Waals surface area contributed by atoms with E-state index in [-0.39, 0.29) is 19.0 Å². The lowest BCUT2D eigenvalue weighted by molar-refractivity contribution is -0.161. The van der Waals surface area contributed by atoms with Crippen molar-refractivity contribution in [3.8, 4) is 0 Å². The average Bonchev–Trinajstić information content (AvgIpc) is 3.36. The molecule has 2 N–H and O–H groups in total. The Morgan fingerprint density at radius 2 is 1.56 bits per heavy atom. The number of halogens is 1. The third-order valence-electron chi connectivity index (χ3n) is 6.24. The molecule has 4 rings (SSSR count). The highest BCUT2D eigenvalue weighted by Crippen LogP contribution is 2.36. The third kappa shape index (κ3) is 7.40. The van der Waals surface area contributed by atoms with Gasteiger partial charge in [0, 0.05) is 15.9 Å². The van der Waals surface area contributed by atoms with Gasteiger partial charge in [0.15, 0.2) is 0 Å². The topological polar surface area (TPSA) is 101 Å². The zero-order valence-electron chi connectivity index (χ0n) is 23.3. The van der Waals surface area contributed by atoms with Gasteiger partial charge in [0.25, 0.3) is 5.91 Å². The molecule has 39 heavy (non-hydrogen) atoms. The molecule has 0 fully saturated rings. The summed E-state index contributed by atoms with van der Waals surface area (Å²) in [5.41, 5.74) is 1.80. The van der Waals surface area contributed by atoms with E-state index in [4.69, 9.17) is 21.1 Å². The first kappa shape index (κ1) is 28.6. The Kier molecular flexibility index (Phi) is 8.09. The van der Waals surface area contributed by atoms with Crippen LogP contribution in [0.25, 0.3) is 10.9 Å². The van der Waals surface area contributed by atoms with Gasteiger partial charge >= 0.3 is 11.9 Å². The molecule has 0 saturated carbocycles. The van der Waals surface area contributed by atoms with E-state index >= 15 is 0 Å². The SMILES string of the molecule is CC(C)(C)OC(=O)CN(CC(=O)OC(C)(C)C)[C@@H]1c2ccccc2C[C@H]1NC(=O)c1cc2cc(Cl)ccc2[nH]1. The molecule has 1 heterocycles. The summed E-state index contributed by atoms with van der Waals surface area (Å²) < 4.78 is 11.2. The number of benzene rings is 2. The highest BCUT2D eigenvalue weighted by Gasteiger charge is 2.40. The van der Waals surface area contributed by atoms with Crippen molar-refractivity contribution in [2.45, 2.75) is 71.2 Å². The van der Waals surface area contributed by atoms with Crippen molar-refractivity contribution < 1.29 is 23.9 Å². The van der Waals surface area contributed by atoms with Crippen molar-refractivity contribution in [1.82, 2.24) is 15.2 Å². The fourth-order valence-electron chi connectivity index (χ4n) is 4.96. The number of hydrogen-bond donors (Lipinski definition) is 2. The molecule has 0 spiro atoms. The van der Waals surface area contributed by atoms with Crippen molar-refractivity contribution in [1.29, 1.82) is 0 Å². The Bertz CT molecular complexity index is 1360. The summed E-state index contributed by atoms with van der Waals surface area (Å²) in [7, 11) is 0. The quantitative estimate of drug-likeness (QED) is 0.390. The van der Waals surface area contributed by atoms with Crippen LogP contribution >= 0.6 is 11.6 Å². The number of esters is 2. The standard InChI is InChI=1S/C30H36ClN3O5/c1-29(2,3)38-25(35)16-34(17-26(36)39-30(4,5)6)27-21-10-8-7-9-18(21)14-23(27)33-28(37)24-15-19-13-20(31)11-12-22(19)32-24/h7-13,15,23,27,32H,14,16-17H2,1-6H3,(H,33,37)/t23-,27-/m1/s1. The van der Waals surface area contributed by atoms with Crippen LogP contribution in [0.5, 0.6) is 0 Å². The summed E-state index contributed by atoms with van der Waals surface area (Å²) >= 11 is 6.12. The van der Waals surface area contributed by atoms with Crippen molar-refractivity contribution in [2.24, 2.45) is 0 Å². The van der Waals surface area contributed by atoms with Crippen molar-refractivity contribution in [3.63, 3.8) is 0 Å². The average molecular weight is 554 g/mol.